The number of piperazine rings is 1. The van der Waals surface area contributed by atoms with E-state index in [2.05, 4.69) is 24.8 Å². The summed E-state index contributed by atoms with van der Waals surface area (Å²) in [6.07, 6.45) is 5.06. The van der Waals surface area contributed by atoms with E-state index < -0.39 is 0 Å². The number of hydrogen-bond acceptors (Lipinski definition) is 7. The van der Waals surface area contributed by atoms with Crippen molar-refractivity contribution in [2.45, 2.75) is 13.5 Å². The molecule has 4 rings (SSSR count). The van der Waals surface area contributed by atoms with Crippen molar-refractivity contribution in [1.82, 2.24) is 19.5 Å². The van der Waals surface area contributed by atoms with Crippen LogP contribution in [0.2, 0.25) is 0 Å². The maximum Gasteiger partial charge on any atom is 0.261 e. The Morgan fingerprint density at radius 1 is 1.11 bits per heavy atom. The van der Waals surface area contributed by atoms with Crippen LogP contribution in [-0.4, -0.2) is 57.4 Å². The molecule has 1 aromatic carbocycles. The number of aliphatic hydroxyl groups excluding tert-OH is 1. The van der Waals surface area contributed by atoms with Crippen molar-refractivity contribution in [3.05, 3.63) is 53.0 Å². The number of hydrogen-bond donors (Lipinski definition) is 1. The number of anilines is 2. The van der Waals surface area contributed by atoms with Gasteiger partial charge in [0.25, 0.3) is 5.56 Å². The highest BCUT2D eigenvalue weighted by Crippen LogP contribution is 2.22. The third kappa shape index (κ3) is 3.48. The van der Waals surface area contributed by atoms with Gasteiger partial charge in [-0.2, -0.15) is 0 Å². The largest absolute Gasteiger partial charge is 0.395 e. The van der Waals surface area contributed by atoms with Crippen molar-refractivity contribution in [1.29, 1.82) is 0 Å². The second-order valence-electron chi connectivity index (χ2n) is 6.66. The van der Waals surface area contributed by atoms with Crippen molar-refractivity contribution in [2.75, 3.05) is 42.6 Å². The van der Waals surface area contributed by atoms with Crippen LogP contribution in [0.1, 0.15) is 5.69 Å². The minimum absolute atomic E-state index is 0.0826. The van der Waals surface area contributed by atoms with Gasteiger partial charge in [0.15, 0.2) is 0 Å². The van der Waals surface area contributed by atoms with Gasteiger partial charge in [0.1, 0.15) is 5.82 Å². The Morgan fingerprint density at radius 2 is 1.89 bits per heavy atom. The standard InChI is InChI=1S/C19H22N6O2/c1-14-11-20-12-18(22-14)24-6-4-23(5-7-24)15-2-3-16-17(10-15)21-13-25(8-9-26)19(16)27/h2-3,10-13,26H,4-9H2,1H3. The number of fused-ring (bicyclic) bond motifs is 1. The maximum absolute atomic E-state index is 12.4. The molecule has 3 aromatic rings. The van der Waals surface area contributed by atoms with Crippen LogP contribution in [-0.2, 0) is 6.54 Å². The summed E-state index contributed by atoms with van der Waals surface area (Å²) in [6, 6.07) is 5.76. The number of nitrogens with zero attached hydrogens (tertiary/aromatic N) is 6. The van der Waals surface area contributed by atoms with Crippen LogP contribution in [0.25, 0.3) is 10.9 Å². The van der Waals surface area contributed by atoms with Gasteiger partial charge in [-0.1, -0.05) is 0 Å². The van der Waals surface area contributed by atoms with E-state index in [0.717, 1.165) is 43.4 Å². The molecule has 1 aliphatic heterocycles. The van der Waals surface area contributed by atoms with Crippen LogP contribution in [0.15, 0.2) is 41.7 Å². The van der Waals surface area contributed by atoms with E-state index in [0.29, 0.717) is 10.9 Å². The molecule has 0 radical (unpaired) electrons. The Bertz CT molecular complexity index is 1010. The third-order valence-electron chi connectivity index (χ3n) is 4.86. The lowest BCUT2D eigenvalue weighted by Gasteiger charge is -2.36. The number of rotatable bonds is 4. The average molecular weight is 366 g/mol. The zero-order valence-electron chi connectivity index (χ0n) is 15.2. The highest BCUT2D eigenvalue weighted by atomic mass is 16.3. The van der Waals surface area contributed by atoms with Crippen LogP contribution in [0.5, 0.6) is 0 Å². The van der Waals surface area contributed by atoms with Gasteiger partial charge in [-0.05, 0) is 25.1 Å². The molecular weight excluding hydrogens is 344 g/mol. The molecule has 0 spiro atoms. The smallest absolute Gasteiger partial charge is 0.261 e. The molecule has 8 nitrogen and oxygen atoms in total. The van der Waals surface area contributed by atoms with E-state index >= 15 is 0 Å². The van der Waals surface area contributed by atoms with Crippen LogP contribution in [0.4, 0.5) is 11.5 Å². The fourth-order valence-electron chi connectivity index (χ4n) is 3.41. The summed E-state index contributed by atoms with van der Waals surface area (Å²) >= 11 is 0. The molecule has 1 aliphatic rings. The molecule has 1 N–H and O–H groups in total. The van der Waals surface area contributed by atoms with Crippen molar-refractivity contribution in [3.8, 4) is 0 Å². The van der Waals surface area contributed by atoms with Gasteiger partial charge in [-0.3, -0.25) is 14.3 Å². The molecule has 0 unspecified atom stereocenters. The molecule has 0 aliphatic carbocycles. The highest BCUT2D eigenvalue weighted by molar-refractivity contribution is 5.81. The molecule has 27 heavy (non-hydrogen) atoms. The molecule has 1 fully saturated rings. The van der Waals surface area contributed by atoms with Gasteiger partial charge in [-0.25, -0.2) is 9.97 Å². The Morgan fingerprint density at radius 3 is 2.63 bits per heavy atom. The number of aryl methyl sites for hydroxylation is 1. The lowest BCUT2D eigenvalue weighted by atomic mass is 10.2. The summed E-state index contributed by atoms with van der Waals surface area (Å²) in [5, 5.41) is 9.62. The van der Waals surface area contributed by atoms with Crippen LogP contribution < -0.4 is 15.4 Å². The normalized spacial score (nSPS) is 14.7. The zero-order chi connectivity index (χ0) is 18.8. The Kier molecular flexibility index (Phi) is 4.72. The van der Waals surface area contributed by atoms with Gasteiger partial charge >= 0.3 is 0 Å². The molecular formula is C19H22N6O2. The number of aromatic nitrogens is 4. The lowest BCUT2D eigenvalue weighted by Crippen LogP contribution is -2.46. The third-order valence-corrected chi connectivity index (χ3v) is 4.86. The zero-order valence-corrected chi connectivity index (χ0v) is 15.2. The van der Waals surface area contributed by atoms with Gasteiger partial charge in [0.2, 0.25) is 0 Å². The predicted molar refractivity (Wildman–Crippen MR) is 104 cm³/mol. The second-order valence-corrected chi connectivity index (χ2v) is 6.66. The van der Waals surface area contributed by atoms with Gasteiger partial charge in [-0.15, -0.1) is 0 Å². The van der Waals surface area contributed by atoms with Crippen LogP contribution >= 0.6 is 0 Å². The Labute approximate surface area is 156 Å². The molecule has 1 saturated heterocycles. The van der Waals surface area contributed by atoms with Crippen molar-refractivity contribution >= 4 is 22.4 Å². The first-order valence-corrected chi connectivity index (χ1v) is 9.04. The van der Waals surface area contributed by atoms with Crippen LogP contribution in [0.3, 0.4) is 0 Å². The molecule has 140 valence electrons. The van der Waals surface area contributed by atoms with E-state index in [-0.39, 0.29) is 18.7 Å². The van der Waals surface area contributed by atoms with Crippen molar-refractivity contribution in [3.63, 3.8) is 0 Å². The van der Waals surface area contributed by atoms with Crippen molar-refractivity contribution < 1.29 is 5.11 Å². The SMILES string of the molecule is Cc1cncc(N2CCN(c3ccc4c(=O)n(CCO)cnc4c3)CC2)n1. The monoisotopic (exact) mass is 366 g/mol. The number of aliphatic hydroxyl groups is 1. The Balaban J connectivity index is 1.52. The molecule has 0 atom stereocenters. The topological polar surface area (TPSA) is 87.4 Å². The summed E-state index contributed by atoms with van der Waals surface area (Å²) in [6.45, 7) is 5.58. The van der Waals surface area contributed by atoms with Gasteiger partial charge < -0.3 is 14.9 Å². The fourth-order valence-corrected chi connectivity index (χ4v) is 3.41. The summed E-state index contributed by atoms with van der Waals surface area (Å²) in [5.41, 5.74) is 2.54. The molecule has 0 amide bonds. The first kappa shape index (κ1) is 17.4. The summed E-state index contributed by atoms with van der Waals surface area (Å²) < 4.78 is 1.43. The van der Waals surface area contributed by atoms with E-state index in [9.17, 15) is 4.79 Å². The van der Waals surface area contributed by atoms with Crippen LogP contribution in [0, 0.1) is 6.92 Å². The molecule has 0 saturated carbocycles. The molecule has 0 bridgehead atoms. The summed E-state index contributed by atoms with van der Waals surface area (Å²) in [7, 11) is 0. The minimum Gasteiger partial charge on any atom is -0.395 e. The highest BCUT2D eigenvalue weighted by Gasteiger charge is 2.19. The lowest BCUT2D eigenvalue weighted by molar-refractivity contribution is 0.274. The predicted octanol–water partition coefficient (Wildman–Crippen LogP) is 0.814. The first-order valence-electron chi connectivity index (χ1n) is 9.04. The average Bonchev–Trinajstić information content (AvgIpc) is 2.70. The number of benzene rings is 1. The van der Waals surface area contributed by atoms with Crippen molar-refractivity contribution in [2.24, 2.45) is 0 Å². The summed E-state index contributed by atoms with van der Waals surface area (Å²) in [4.78, 5) is 30.1. The maximum atomic E-state index is 12.4. The molecule has 8 heteroatoms. The van der Waals surface area contributed by atoms with E-state index in [1.165, 1.54) is 10.9 Å². The second kappa shape index (κ2) is 7.32. The Hall–Kier alpha value is -3.00. The van der Waals surface area contributed by atoms with E-state index in [1.54, 1.807) is 12.4 Å². The van der Waals surface area contributed by atoms with E-state index in [4.69, 9.17) is 5.11 Å². The quantitative estimate of drug-likeness (QED) is 0.731. The van der Waals surface area contributed by atoms with E-state index in [1.807, 2.05) is 25.1 Å². The first-order chi connectivity index (χ1) is 13.2. The minimum atomic E-state index is -0.122. The molecule has 2 aromatic heterocycles. The molecule has 3 heterocycles. The fraction of sp³-hybridized carbons (Fsp3) is 0.368. The van der Waals surface area contributed by atoms with Gasteiger partial charge in [0, 0.05) is 38.1 Å². The summed E-state index contributed by atoms with van der Waals surface area (Å²) in [5.74, 6) is 0.916. The van der Waals surface area contributed by atoms with Gasteiger partial charge in [0.05, 0.1) is 42.3 Å².